The van der Waals surface area contributed by atoms with Gasteiger partial charge in [0.05, 0.1) is 30.5 Å². The minimum Gasteiger partial charge on any atom is -0.486 e. The standard InChI is InChI=1S/C30H26N3O.C18H24NSi.Ir/c1-17(2)24-14-13-22-21-9-8-10-23(28(21)34-30(22)32-24)29-31-25-11-6-7-12-26(25)33(29)27-19(4)15-18(3)16-20(27)5;1-14(2)11-16-12-17(15-9-7-6-8-10-15)19-13-18(16)20(3,4)5;/h6-9,11-17H,1-5H3;6-9,12-14H,11H2,1-5H3;/q2*-1;. The number of hydrogen-bond acceptors (Lipinski definition) is 4. The number of furan rings is 1. The van der Waals surface area contributed by atoms with E-state index in [1.54, 1.807) is 0 Å². The largest absolute Gasteiger partial charge is 0.486 e. The first-order valence-corrected chi connectivity index (χ1v) is 22.6. The maximum absolute atomic E-state index is 6.40. The second-order valence-electron chi connectivity index (χ2n) is 16.3. The molecule has 0 fully saturated rings. The summed E-state index contributed by atoms with van der Waals surface area (Å²) in [6, 6.07) is 38.0. The summed E-state index contributed by atoms with van der Waals surface area (Å²) in [5, 5.41) is 3.54. The maximum atomic E-state index is 6.40. The van der Waals surface area contributed by atoms with E-state index in [1.165, 1.54) is 27.4 Å². The zero-order valence-corrected chi connectivity index (χ0v) is 37.0. The van der Waals surface area contributed by atoms with E-state index >= 15 is 0 Å². The van der Waals surface area contributed by atoms with Crippen molar-refractivity contribution in [3.8, 4) is 28.3 Å². The molecule has 7 heteroatoms. The molecule has 8 aromatic rings. The Balaban J connectivity index is 0.000000211. The number of hydrogen-bond donors (Lipinski definition) is 0. The molecule has 0 spiro atoms. The van der Waals surface area contributed by atoms with Crippen LogP contribution in [-0.2, 0) is 26.5 Å². The molecule has 283 valence electrons. The van der Waals surface area contributed by atoms with Gasteiger partial charge in [-0.25, -0.2) is 4.98 Å². The Morgan fingerprint density at radius 2 is 1.51 bits per heavy atom. The first kappa shape index (κ1) is 40.0. The summed E-state index contributed by atoms with van der Waals surface area (Å²) >= 11 is 0. The number of nitrogens with zero attached hydrogens (tertiary/aromatic N) is 4. The number of aromatic nitrogens is 4. The Morgan fingerprint density at radius 1 is 0.782 bits per heavy atom. The van der Waals surface area contributed by atoms with Crippen molar-refractivity contribution in [1.29, 1.82) is 0 Å². The Labute approximate surface area is 340 Å². The molecule has 0 saturated carbocycles. The predicted octanol–water partition coefficient (Wildman–Crippen LogP) is 12.1. The summed E-state index contributed by atoms with van der Waals surface area (Å²) in [5.41, 5.74) is 13.7. The summed E-state index contributed by atoms with van der Waals surface area (Å²) in [6.07, 6.45) is 3.24. The summed E-state index contributed by atoms with van der Waals surface area (Å²) < 4.78 is 8.65. The molecular formula is C48H50IrN4OSi-2. The first-order chi connectivity index (χ1) is 25.8. The van der Waals surface area contributed by atoms with Crippen molar-refractivity contribution in [1.82, 2.24) is 19.5 Å². The van der Waals surface area contributed by atoms with Gasteiger partial charge in [-0.15, -0.1) is 54.1 Å². The van der Waals surface area contributed by atoms with Crippen LogP contribution in [0, 0.1) is 38.8 Å². The zero-order valence-electron chi connectivity index (χ0n) is 33.6. The number of rotatable bonds is 7. The fraction of sp³-hybridized carbons (Fsp3) is 0.271. The minimum atomic E-state index is -1.34. The monoisotopic (exact) mass is 919 g/mol. The van der Waals surface area contributed by atoms with Gasteiger partial charge < -0.3 is 14.0 Å². The van der Waals surface area contributed by atoms with Crippen LogP contribution >= 0.6 is 0 Å². The summed E-state index contributed by atoms with van der Waals surface area (Å²) in [6.45, 7) is 22.5. The van der Waals surface area contributed by atoms with Crippen LogP contribution in [0.5, 0.6) is 0 Å². The molecule has 55 heavy (non-hydrogen) atoms. The SMILES string of the molecule is CC(C)Cc1cc(-c2[c-]cccc2)ncc1[Si](C)(C)C.Cc1cc(C)c(-n2c(-c3[c-]ccc4c3oc3nc(C(C)C)ccc34)nc3ccccc32)c(C)c1.[Ir]. The Bertz CT molecular complexity index is 2590. The fourth-order valence-corrected chi connectivity index (χ4v) is 9.14. The first-order valence-electron chi connectivity index (χ1n) is 19.1. The molecule has 1 radical (unpaired) electrons. The molecule has 5 nitrogen and oxygen atoms in total. The van der Waals surface area contributed by atoms with Gasteiger partial charge in [0.15, 0.2) is 0 Å². The van der Waals surface area contributed by atoms with E-state index in [-0.39, 0.29) is 20.1 Å². The molecule has 0 amide bonds. The third-order valence-corrected chi connectivity index (χ3v) is 12.0. The Hall–Kier alpha value is -4.68. The van der Waals surface area contributed by atoms with Gasteiger partial charge in [-0.3, -0.25) is 4.98 Å². The van der Waals surface area contributed by atoms with E-state index in [4.69, 9.17) is 14.4 Å². The smallest absolute Gasteiger partial charge is 0.216 e. The number of imidazole rings is 1. The van der Waals surface area contributed by atoms with Crippen molar-refractivity contribution in [2.75, 3.05) is 0 Å². The average Bonchev–Trinajstić information content (AvgIpc) is 3.69. The van der Waals surface area contributed by atoms with Crippen LogP contribution in [0.1, 0.15) is 61.6 Å². The predicted molar refractivity (Wildman–Crippen MR) is 229 cm³/mol. The third-order valence-electron chi connectivity index (χ3n) is 9.97. The topological polar surface area (TPSA) is 56.7 Å². The van der Waals surface area contributed by atoms with Crippen LogP contribution in [-0.4, -0.2) is 27.6 Å². The summed E-state index contributed by atoms with van der Waals surface area (Å²) in [4.78, 5) is 14.6. The second-order valence-corrected chi connectivity index (χ2v) is 21.3. The van der Waals surface area contributed by atoms with Crippen LogP contribution in [0.3, 0.4) is 0 Å². The molecule has 0 bridgehead atoms. The van der Waals surface area contributed by atoms with Gasteiger partial charge in [-0.1, -0.05) is 99.7 Å². The molecule has 8 rings (SSSR count). The molecular weight excluding hydrogens is 869 g/mol. The maximum Gasteiger partial charge on any atom is 0.216 e. The molecule has 4 aromatic heterocycles. The van der Waals surface area contributed by atoms with Crippen molar-refractivity contribution in [3.05, 3.63) is 137 Å². The fourth-order valence-electron chi connectivity index (χ4n) is 7.55. The van der Waals surface area contributed by atoms with Crippen molar-refractivity contribution < 1.29 is 24.5 Å². The normalized spacial score (nSPS) is 11.7. The Morgan fingerprint density at radius 3 is 2.18 bits per heavy atom. The van der Waals surface area contributed by atoms with E-state index in [0.717, 1.165) is 67.8 Å². The number of aryl methyl sites for hydroxylation is 3. The van der Waals surface area contributed by atoms with Crippen molar-refractivity contribution in [3.63, 3.8) is 0 Å². The van der Waals surface area contributed by atoms with Crippen LogP contribution in [0.4, 0.5) is 0 Å². The molecule has 0 unspecified atom stereocenters. The molecule has 0 atom stereocenters. The van der Waals surface area contributed by atoms with Crippen molar-refractivity contribution in [2.45, 2.75) is 80.4 Å². The minimum absolute atomic E-state index is 0. The molecule has 0 N–H and O–H groups in total. The number of benzene rings is 4. The van der Waals surface area contributed by atoms with Crippen molar-refractivity contribution in [2.24, 2.45) is 5.92 Å². The average molecular weight is 919 g/mol. The van der Waals surface area contributed by atoms with Crippen LogP contribution in [0.15, 0.2) is 102 Å². The Kier molecular flexibility index (Phi) is 11.8. The number of para-hydroxylation sites is 2. The molecule has 0 aliphatic carbocycles. The second kappa shape index (κ2) is 16.2. The van der Waals surface area contributed by atoms with Gasteiger partial charge >= 0.3 is 0 Å². The molecule has 4 heterocycles. The van der Waals surface area contributed by atoms with E-state index < -0.39 is 8.07 Å². The van der Waals surface area contributed by atoms with Crippen LogP contribution in [0.2, 0.25) is 19.6 Å². The summed E-state index contributed by atoms with van der Waals surface area (Å²) in [7, 11) is -1.34. The third kappa shape index (κ3) is 8.16. The van der Waals surface area contributed by atoms with Gasteiger partial charge in [0.25, 0.3) is 0 Å². The molecule has 0 aliphatic rings. The molecule has 0 aliphatic heterocycles. The van der Waals surface area contributed by atoms with E-state index in [1.807, 2.05) is 30.3 Å². The summed E-state index contributed by atoms with van der Waals surface area (Å²) in [5.74, 6) is 1.82. The van der Waals surface area contributed by atoms with Gasteiger partial charge in [0.1, 0.15) is 0 Å². The van der Waals surface area contributed by atoms with E-state index in [2.05, 4.69) is 157 Å². The molecule has 0 saturated heterocycles. The van der Waals surface area contributed by atoms with Gasteiger partial charge in [0.2, 0.25) is 5.71 Å². The van der Waals surface area contributed by atoms with Gasteiger partial charge in [-0.05, 0) is 85.3 Å². The number of pyridine rings is 2. The van der Waals surface area contributed by atoms with Crippen molar-refractivity contribution >= 4 is 46.4 Å². The zero-order chi connectivity index (χ0) is 38.3. The van der Waals surface area contributed by atoms with Gasteiger partial charge in [0, 0.05) is 43.1 Å². The van der Waals surface area contributed by atoms with Crippen LogP contribution in [0.25, 0.3) is 61.4 Å². The number of fused-ring (bicyclic) bond motifs is 4. The van der Waals surface area contributed by atoms with E-state index in [0.29, 0.717) is 17.5 Å². The van der Waals surface area contributed by atoms with E-state index in [9.17, 15) is 0 Å². The molecule has 4 aromatic carbocycles. The van der Waals surface area contributed by atoms with Crippen LogP contribution < -0.4 is 5.19 Å². The quantitative estimate of drug-likeness (QED) is 0.118. The van der Waals surface area contributed by atoms with Gasteiger partial charge in [-0.2, -0.15) is 0 Å².